The summed E-state index contributed by atoms with van der Waals surface area (Å²) in [6, 6.07) is 15.1. The average Bonchev–Trinajstić information content (AvgIpc) is 2.79. The molecule has 172 valence electrons. The minimum atomic E-state index is -0.665. The first-order chi connectivity index (χ1) is 15.4. The number of benzene rings is 2. The zero-order valence-corrected chi connectivity index (χ0v) is 19.1. The Morgan fingerprint density at radius 2 is 1.62 bits per heavy atom. The van der Waals surface area contributed by atoms with Crippen LogP contribution in [0.1, 0.15) is 32.3 Å². The van der Waals surface area contributed by atoms with E-state index in [1.54, 1.807) is 18.2 Å². The molecule has 32 heavy (non-hydrogen) atoms. The molecule has 1 saturated heterocycles. The number of hydrogen-bond acceptors (Lipinski definition) is 4. The molecule has 2 aromatic rings. The van der Waals surface area contributed by atoms with Crippen molar-refractivity contribution >= 4 is 0 Å². The van der Waals surface area contributed by atoms with Gasteiger partial charge in [0, 0.05) is 32.7 Å². The van der Waals surface area contributed by atoms with Crippen LogP contribution in [0.4, 0.5) is 8.78 Å². The molecule has 1 atom stereocenters. The summed E-state index contributed by atoms with van der Waals surface area (Å²) < 4.78 is 32.5. The van der Waals surface area contributed by atoms with E-state index >= 15 is 0 Å². The van der Waals surface area contributed by atoms with Crippen LogP contribution in [0, 0.1) is 28.9 Å². The Morgan fingerprint density at radius 3 is 2.22 bits per heavy atom. The van der Waals surface area contributed by atoms with Gasteiger partial charge in [-0.25, -0.2) is 8.78 Å². The van der Waals surface area contributed by atoms with Crippen molar-refractivity contribution in [2.24, 2.45) is 5.92 Å². The van der Waals surface area contributed by atoms with E-state index in [9.17, 15) is 14.0 Å². The van der Waals surface area contributed by atoms with Crippen LogP contribution in [0.5, 0.6) is 5.75 Å². The third-order valence-electron chi connectivity index (χ3n) is 6.53. The molecule has 0 amide bonds. The Labute approximate surface area is 190 Å². The van der Waals surface area contributed by atoms with E-state index in [1.165, 1.54) is 24.3 Å². The van der Waals surface area contributed by atoms with Gasteiger partial charge in [-0.05, 0) is 67.3 Å². The molecule has 0 spiro atoms. The van der Waals surface area contributed by atoms with Crippen LogP contribution >= 0.6 is 0 Å². The average molecular weight is 442 g/mol. The SMILES string of the molecule is CC(C)C(C#N)(CCCN1CCN(CCOc2ccc(F)cc2)CC1)c1cccc(F)c1. The summed E-state index contributed by atoms with van der Waals surface area (Å²) in [5, 5.41) is 10.0. The number of ether oxygens (including phenoxy) is 1. The van der Waals surface area contributed by atoms with Crippen molar-refractivity contribution < 1.29 is 13.5 Å². The second kappa shape index (κ2) is 11.4. The van der Waals surface area contributed by atoms with Crippen LogP contribution < -0.4 is 4.74 Å². The molecule has 6 heteroatoms. The summed E-state index contributed by atoms with van der Waals surface area (Å²) in [7, 11) is 0. The van der Waals surface area contributed by atoms with Gasteiger partial charge < -0.3 is 9.64 Å². The largest absolute Gasteiger partial charge is 0.492 e. The van der Waals surface area contributed by atoms with Crippen molar-refractivity contribution in [1.29, 1.82) is 5.26 Å². The summed E-state index contributed by atoms with van der Waals surface area (Å²) in [6.45, 7) is 10.4. The van der Waals surface area contributed by atoms with Gasteiger partial charge in [-0.2, -0.15) is 5.26 Å². The normalized spacial score (nSPS) is 17.1. The molecule has 0 saturated carbocycles. The van der Waals surface area contributed by atoms with Crippen molar-refractivity contribution in [2.45, 2.75) is 32.1 Å². The van der Waals surface area contributed by atoms with Gasteiger partial charge in [0.2, 0.25) is 0 Å². The Morgan fingerprint density at radius 1 is 0.969 bits per heavy atom. The van der Waals surface area contributed by atoms with Gasteiger partial charge in [0.15, 0.2) is 0 Å². The van der Waals surface area contributed by atoms with E-state index in [0.29, 0.717) is 12.4 Å². The zero-order valence-electron chi connectivity index (χ0n) is 19.1. The third-order valence-corrected chi connectivity index (χ3v) is 6.53. The highest BCUT2D eigenvalue weighted by Crippen LogP contribution is 2.36. The summed E-state index contributed by atoms with van der Waals surface area (Å²) in [5.41, 5.74) is 0.114. The second-order valence-corrected chi connectivity index (χ2v) is 8.84. The van der Waals surface area contributed by atoms with Crippen LogP contribution in [0.25, 0.3) is 0 Å². The van der Waals surface area contributed by atoms with Gasteiger partial charge in [-0.1, -0.05) is 26.0 Å². The Bertz CT molecular complexity index is 889. The highest BCUT2D eigenvalue weighted by Gasteiger charge is 2.36. The first-order valence-electron chi connectivity index (χ1n) is 11.4. The molecular weight excluding hydrogens is 408 g/mol. The fraction of sp³-hybridized carbons (Fsp3) is 0.500. The molecule has 0 bridgehead atoms. The van der Waals surface area contributed by atoms with E-state index in [1.807, 2.05) is 19.9 Å². The highest BCUT2D eigenvalue weighted by molar-refractivity contribution is 5.33. The van der Waals surface area contributed by atoms with Gasteiger partial charge in [-0.3, -0.25) is 4.90 Å². The number of rotatable bonds is 10. The van der Waals surface area contributed by atoms with Crippen molar-refractivity contribution in [1.82, 2.24) is 9.80 Å². The number of piperazine rings is 1. The topological polar surface area (TPSA) is 39.5 Å². The summed E-state index contributed by atoms with van der Waals surface area (Å²) >= 11 is 0. The molecular formula is C26H33F2N3O. The molecule has 0 aromatic heterocycles. The number of nitriles is 1. The van der Waals surface area contributed by atoms with E-state index in [2.05, 4.69) is 15.9 Å². The summed E-state index contributed by atoms with van der Waals surface area (Å²) in [4.78, 5) is 4.81. The smallest absolute Gasteiger partial charge is 0.123 e. The number of halogens is 2. The predicted molar refractivity (Wildman–Crippen MR) is 123 cm³/mol. The van der Waals surface area contributed by atoms with Crippen molar-refractivity contribution in [3.05, 3.63) is 65.7 Å². The lowest BCUT2D eigenvalue weighted by Crippen LogP contribution is -2.47. The minimum Gasteiger partial charge on any atom is -0.492 e. The van der Waals surface area contributed by atoms with Gasteiger partial charge in [0.25, 0.3) is 0 Å². The maximum atomic E-state index is 13.8. The Kier molecular flexibility index (Phi) is 8.60. The van der Waals surface area contributed by atoms with E-state index in [4.69, 9.17) is 4.74 Å². The maximum absolute atomic E-state index is 13.8. The first-order valence-corrected chi connectivity index (χ1v) is 11.4. The van der Waals surface area contributed by atoms with Crippen LogP contribution in [-0.4, -0.2) is 55.7 Å². The molecule has 0 N–H and O–H groups in total. The molecule has 1 aliphatic heterocycles. The lowest BCUT2D eigenvalue weighted by molar-refractivity contribution is 0.114. The van der Waals surface area contributed by atoms with Crippen LogP contribution in [0.3, 0.4) is 0 Å². The minimum absolute atomic E-state index is 0.104. The molecule has 1 fully saturated rings. The molecule has 4 nitrogen and oxygen atoms in total. The van der Waals surface area contributed by atoms with Crippen LogP contribution in [-0.2, 0) is 5.41 Å². The molecule has 3 rings (SSSR count). The van der Waals surface area contributed by atoms with Gasteiger partial charge >= 0.3 is 0 Å². The van der Waals surface area contributed by atoms with Crippen LogP contribution in [0.2, 0.25) is 0 Å². The number of nitrogens with zero attached hydrogens (tertiary/aromatic N) is 3. The van der Waals surface area contributed by atoms with Gasteiger partial charge in [0.1, 0.15) is 24.0 Å². The molecule has 2 aromatic carbocycles. The quantitative estimate of drug-likeness (QED) is 0.528. The van der Waals surface area contributed by atoms with Crippen molar-refractivity contribution in [2.75, 3.05) is 45.9 Å². The predicted octanol–water partition coefficient (Wildman–Crippen LogP) is 4.86. The summed E-state index contributed by atoms with van der Waals surface area (Å²) in [6.07, 6.45) is 1.62. The first kappa shape index (κ1) is 24.2. The molecule has 0 aliphatic carbocycles. The molecule has 0 radical (unpaired) electrons. The molecule has 1 heterocycles. The Balaban J connectivity index is 1.42. The molecule has 1 unspecified atom stereocenters. The monoisotopic (exact) mass is 441 g/mol. The maximum Gasteiger partial charge on any atom is 0.123 e. The zero-order chi connectivity index (χ0) is 23.0. The van der Waals surface area contributed by atoms with E-state index in [0.717, 1.165) is 57.7 Å². The lowest BCUT2D eigenvalue weighted by atomic mass is 9.70. The van der Waals surface area contributed by atoms with Crippen LogP contribution in [0.15, 0.2) is 48.5 Å². The lowest BCUT2D eigenvalue weighted by Gasteiger charge is -2.36. The van der Waals surface area contributed by atoms with Crippen molar-refractivity contribution in [3.63, 3.8) is 0 Å². The fourth-order valence-electron chi connectivity index (χ4n) is 4.42. The number of hydrogen-bond donors (Lipinski definition) is 0. The highest BCUT2D eigenvalue weighted by atomic mass is 19.1. The third kappa shape index (κ3) is 6.27. The standard InChI is InChI=1S/C26H33F2N3O/c1-21(2)26(20-29,22-5-3-6-24(28)19-22)11-4-12-30-13-15-31(16-14-30)17-18-32-25-9-7-23(27)8-10-25/h3,5-10,19,21H,4,11-18H2,1-2H3. The Hall–Kier alpha value is -2.49. The van der Waals surface area contributed by atoms with E-state index < -0.39 is 5.41 Å². The summed E-state index contributed by atoms with van der Waals surface area (Å²) in [5.74, 6) is 0.244. The second-order valence-electron chi connectivity index (χ2n) is 8.84. The fourth-order valence-corrected chi connectivity index (χ4v) is 4.42. The molecule has 1 aliphatic rings. The van der Waals surface area contributed by atoms with Gasteiger partial charge in [0.05, 0.1) is 11.5 Å². The van der Waals surface area contributed by atoms with Crippen molar-refractivity contribution in [3.8, 4) is 11.8 Å². The van der Waals surface area contributed by atoms with Gasteiger partial charge in [-0.15, -0.1) is 0 Å². The van der Waals surface area contributed by atoms with E-state index in [-0.39, 0.29) is 17.6 Å².